The van der Waals surface area contributed by atoms with Crippen LogP contribution in [0.25, 0.3) is 0 Å². The van der Waals surface area contributed by atoms with E-state index in [2.05, 4.69) is 55.9 Å². The van der Waals surface area contributed by atoms with E-state index < -0.39 is 0 Å². The molecule has 4 saturated carbocycles. The molecule has 6 heteroatoms. The summed E-state index contributed by atoms with van der Waals surface area (Å²) in [5.41, 5.74) is 6.59. The van der Waals surface area contributed by atoms with E-state index in [0.29, 0.717) is 23.2 Å². The van der Waals surface area contributed by atoms with Crippen LogP contribution in [0.3, 0.4) is 0 Å². The summed E-state index contributed by atoms with van der Waals surface area (Å²) in [6.45, 7) is 18.4. The maximum Gasteiger partial charge on any atom is 0.220 e. The van der Waals surface area contributed by atoms with E-state index in [1.165, 1.54) is 77.0 Å². The molecule has 0 radical (unpaired) electrons. The maximum atomic E-state index is 12.4. The SMILES string of the molecule is CC(C)NC(=O)CC[C@@H](C)[C@H]1CCC2C3CCC4C[C@@H](NCCCNCCCCNCCCN)CC[C@]4(C)C3CC[C@@]21C. The molecule has 43 heavy (non-hydrogen) atoms. The number of unbranched alkanes of at least 4 members (excludes halogenated alkanes) is 1. The predicted octanol–water partition coefficient (Wildman–Crippen LogP) is 6.24. The summed E-state index contributed by atoms with van der Waals surface area (Å²) in [4.78, 5) is 12.4. The standard InChI is InChI=1S/C37H71N5O/c1-27(2)42-35(43)15-10-28(3)32-13-14-33-31-12-11-29-26-30(16-18-36(29,4)34(31)17-19-37(32,33)5)41-25-9-24-40-22-7-6-21-39-23-8-20-38/h27-34,39-41H,6-26,38H2,1-5H3,(H,42,43)/t28-,29?,30+,31?,32-,33?,34?,36+,37-/m1/s1. The van der Waals surface area contributed by atoms with Crippen molar-refractivity contribution in [3.05, 3.63) is 0 Å². The Balaban J connectivity index is 1.16. The summed E-state index contributed by atoms with van der Waals surface area (Å²) in [5, 5.41) is 14.2. The Labute approximate surface area is 266 Å². The summed E-state index contributed by atoms with van der Waals surface area (Å²) >= 11 is 0. The first-order valence-electron chi connectivity index (χ1n) is 18.8. The van der Waals surface area contributed by atoms with Crippen molar-refractivity contribution in [2.45, 2.75) is 143 Å². The van der Waals surface area contributed by atoms with E-state index in [0.717, 1.165) is 87.7 Å². The first kappa shape index (κ1) is 35.2. The molecule has 0 spiro atoms. The largest absolute Gasteiger partial charge is 0.354 e. The molecule has 0 bridgehead atoms. The van der Waals surface area contributed by atoms with E-state index in [4.69, 9.17) is 5.73 Å². The van der Waals surface area contributed by atoms with E-state index in [9.17, 15) is 4.79 Å². The molecule has 6 N–H and O–H groups in total. The van der Waals surface area contributed by atoms with Gasteiger partial charge in [0.05, 0.1) is 0 Å². The number of nitrogens with one attached hydrogen (secondary N) is 4. The van der Waals surface area contributed by atoms with Crippen LogP contribution < -0.4 is 27.0 Å². The van der Waals surface area contributed by atoms with E-state index in [1.54, 1.807) is 0 Å². The van der Waals surface area contributed by atoms with Crippen molar-refractivity contribution < 1.29 is 4.79 Å². The number of amides is 1. The zero-order chi connectivity index (χ0) is 30.9. The monoisotopic (exact) mass is 602 g/mol. The van der Waals surface area contributed by atoms with Crippen molar-refractivity contribution in [3.8, 4) is 0 Å². The Bertz CT molecular complexity index is 836. The first-order chi connectivity index (χ1) is 20.7. The van der Waals surface area contributed by atoms with Gasteiger partial charge in [-0.2, -0.15) is 0 Å². The molecule has 0 heterocycles. The van der Waals surface area contributed by atoms with Gasteiger partial charge in [0.15, 0.2) is 0 Å². The molecule has 0 saturated heterocycles. The molecule has 4 aliphatic rings. The van der Waals surface area contributed by atoms with Crippen molar-refractivity contribution in [2.24, 2.45) is 52.1 Å². The van der Waals surface area contributed by atoms with Crippen molar-refractivity contribution in [2.75, 3.05) is 39.3 Å². The normalized spacial score (nSPS) is 36.2. The molecule has 0 aromatic rings. The highest BCUT2D eigenvalue weighted by atomic mass is 16.1. The average Bonchev–Trinajstić information content (AvgIpc) is 3.33. The summed E-state index contributed by atoms with van der Waals surface area (Å²) in [6, 6.07) is 0.976. The average molecular weight is 602 g/mol. The van der Waals surface area contributed by atoms with Gasteiger partial charge in [-0.15, -0.1) is 0 Å². The highest BCUT2D eigenvalue weighted by molar-refractivity contribution is 5.76. The zero-order valence-corrected chi connectivity index (χ0v) is 29.0. The summed E-state index contributed by atoms with van der Waals surface area (Å²) in [5.74, 6) is 5.41. The lowest BCUT2D eigenvalue weighted by Crippen LogP contribution is -2.55. The second-order valence-electron chi connectivity index (χ2n) is 16.3. The minimum absolute atomic E-state index is 0.243. The highest BCUT2D eigenvalue weighted by Gasteiger charge is 2.60. The number of fused-ring (bicyclic) bond motifs is 5. The Morgan fingerprint density at radius 1 is 0.791 bits per heavy atom. The molecule has 0 aliphatic heterocycles. The third-order valence-electron chi connectivity index (χ3n) is 13.2. The number of rotatable bonds is 18. The fourth-order valence-corrected chi connectivity index (χ4v) is 10.9. The van der Waals surface area contributed by atoms with Gasteiger partial charge in [-0.3, -0.25) is 4.79 Å². The lowest BCUT2D eigenvalue weighted by atomic mass is 9.44. The van der Waals surface area contributed by atoms with Gasteiger partial charge in [-0.1, -0.05) is 20.8 Å². The Kier molecular flexibility index (Phi) is 13.7. The van der Waals surface area contributed by atoms with Crippen LogP contribution in [-0.4, -0.2) is 57.3 Å². The van der Waals surface area contributed by atoms with Crippen LogP contribution in [0.2, 0.25) is 0 Å². The van der Waals surface area contributed by atoms with Gasteiger partial charge in [0.2, 0.25) is 5.91 Å². The van der Waals surface area contributed by atoms with Crippen LogP contribution in [0.1, 0.15) is 131 Å². The Morgan fingerprint density at radius 3 is 2.19 bits per heavy atom. The Hall–Kier alpha value is -0.690. The highest BCUT2D eigenvalue weighted by Crippen LogP contribution is 2.68. The number of carbonyl (C=O) groups is 1. The van der Waals surface area contributed by atoms with Gasteiger partial charge in [-0.05, 0) is 189 Å². The second-order valence-corrected chi connectivity index (χ2v) is 16.3. The molecule has 1 amide bonds. The second kappa shape index (κ2) is 16.7. The van der Waals surface area contributed by atoms with E-state index in [1.807, 2.05) is 0 Å². The van der Waals surface area contributed by atoms with Crippen molar-refractivity contribution in [1.29, 1.82) is 0 Å². The predicted molar refractivity (Wildman–Crippen MR) is 182 cm³/mol. The Morgan fingerprint density at radius 2 is 1.47 bits per heavy atom. The smallest absolute Gasteiger partial charge is 0.220 e. The first-order valence-corrected chi connectivity index (χ1v) is 18.8. The van der Waals surface area contributed by atoms with Crippen molar-refractivity contribution in [3.63, 3.8) is 0 Å². The van der Waals surface area contributed by atoms with Gasteiger partial charge in [0.25, 0.3) is 0 Å². The maximum absolute atomic E-state index is 12.4. The van der Waals surface area contributed by atoms with Gasteiger partial charge >= 0.3 is 0 Å². The molecule has 4 aliphatic carbocycles. The fraction of sp³-hybridized carbons (Fsp3) is 0.973. The third-order valence-corrected chi connectivity index (χ3v) is 13.2. The molecule has 6 nitrogen and oxygen atoms in total. The van der Waals surface area contributed by atoms with Crippen LogP contribution >= 0.6 is 0 Å². The van der Waals surface area contributed by atoms with Crippen LogP contribution in [0.5, 0.6) is 0 Å². The van der Waals surface area contributed by atoms with E-state index >= 15 is 0 Å². The van der Waals surface area contributed by atoms with Crippen LogP contribution in [0.15, 0.2) is 0 Å². The van der Waals surface area contributed by atoms with Crippen LogP contribution in [-0.2, 0) is 4.79 Å². The minimum Gasteiger partial charge on any atom is -0.354 e. The molecule has 4 rings (SSSR count). The molecule has 0 aromatic carbocycles. The van der Waals surface area contributed by atoms with Crippen LogP contribution in [0.4, 0.5) is 0 Å². The number of nitrogens with two attached hydrogens (primary N) is 1. The fourth-order valence-electron chi connectivity index (χ4n) is 10.9. The molecule has 4 fully saturated rings. The summed E-state index contributed by atoms with van der Waals surface area (Å²) in [7, 11) is 0. The lowest BCUT2D eigenvalue weighted by molar-refractivity contribution is -0.123. The molecular formula is C37H71N5O. The van der Waals surface area contributed by atoms with Gasteiger partial charge < -0.3 is 27.0 Å². The summed E-state index contributed by atoms with van der Waals surface area (Å²) in [6.07, 6.45) is 19.4. The quantitative estimate of drug-likeness (QED) is 0.120. The molecular weight excluding hydrogens is 530 g/mol. The number of hydrogen-bond donors (Lipinski definition) is 5. The molecule has 0 aromatic heterocycles. The zero-order valence-electron chi connectivity index (χ0n) is 29.0. The third kappa shape index (κ3) is 8.98. The van der Waals surface area contributed by atoms with Crippen molar-refractivity contribution in [1.82, 2.24) is 21.3 Å². The van der Waals surface area contributed by atoms with Crippen LogP contribution in [0, 0.1) is 46.3 Å². The van der Waals surface area contributed by atoms with E-state index in [-0.39, 0.29) is 11.9 Å². The molecule has 9 atom stereocenters. The van der Waals surface area contributed by atoms with Gasteiger partial charge in [0.1, 0.15) is 0 Å². The lowest BCUT2D eigenvalue weighted by Gasteiger charge is -2.61. The molecule has 4 unspecified atom stereocenters. The topological polar surface area (TPSA) is 91.2 Å². The number of hydrogen-bond acceptors (Lipinski definition) is 5. The summed E-state index contributed by atoms with van der Waals surface area (Å²) < 4.78 is 0. The molecule has 250 valence electrons. The van der Waals surface area contributed by atoms with Gasteiger partial charge in [0, 0.05) is 18.5 Å². The van der Waals surface area contributed by atoms with Crippen molar-refractivity contribution >= 4 is 5.91 Å². The van der Waals surface area contributed by atoms with Gasteiger partial charge in [-0.25, -0.2) is 0 Å². The number of carbonyl (C=O) groups excluding carboxylic acids is 1. The minimum atomic E-state index is 0.243.